The molecule has 1 aromatic rings. The van der Waals surface area contributed by atoms with Crippen molar-refractivity contribution in [2.45, 2.75) is 38.1 Å². The number of carbonyl (C=O) groups excluding carboxylic acids is 1. The normalized spacial score (nSPS) is 15.6. The largest absolute Gasteiger partial charge is 0.397 e. The zero-order chi connectivity index (χ0) is 16.8. The lowest BCUT2D eigenvalue weighted by atomic mass is 10.0. The molecule has 4 N–H and O–H groups in total. The minimum atomic E-state index is -1.61. The highest BCUT2D eigenvalue weighted by atomic mass is 35.5. The molecule has 1 aliphatic rings. The van der Waals surface area contributed by atoms with E-state index in [9.17, 15) is 13.6 Å². The smallest absolute Gasteiger partial charge is 0.269 e. The lowest BCUT2D eigenvalue weighted by Crippen LogP contribution is -2.46. The van der Waals surface area contributed by atoms with Gasteiger partial charge in [-0.15, -0.1) is 12.4 Å². The van der Waals surface area contributed by atoms with Crippen LogP contribution in [-0.2, 0) is 11.2 Å². The average molecular weight is 361 g/mol. The minimum Gasteiger partial charge on any atom is -0.397 e. The summed E-state index contributed by atoms with van der Waals surface area (Å²) in [7, 11) is 0. The fraction of sp³-hybridized carbons (Fsp3) is 0.500. The maximum Gasteiger partial charge on any atom is 0.269 e. The van der Waals surface area contributed by atoms with E-state index in [1.807, 2.05) is 6.07 Å². The van der Waals surface area contributed by atoms with Crippen molar-refractivity contribution >= 4 is 24.0 Å². The van der Waals surface area contributed by atoms with Crippen LogP contribution in [0, 0.1) is 0 Å². The number of piperidine rings is 1. The highest BCUT2D eigenvalue weighted by Crippen LogP contribution is 2.22. The first-order valence-electron chi connectivity index (χ1n) is 7.75. The monoisotopic (exact) mass is 360 g/mol. The van der Waals surface area contributed by atoms with Crippen LogP contribution in [-0.4, -0.2) is 34.9 Å². The molecular formula is C16H23ClF2N4O. The van der Waals surface area contributed by atoms with Crippen molar-refractivity contribution in [3.05, 3.63) is 35.7 Å². The van der Waals surface area contributed by atoms with Gasteiger partial charge in [0.1, 0.15) is 0 Å². The molecule has 5 nitrogen and oxygen atoms in total. The Labute approximate surface area is 146 Å². The number of anilines is 1. The number of amides is 1. The lowest BCUT2D eigenvalue weighted by molar-refractivity contribution is -0.133. The van der Waals surface area contributed by atoms with Crippen LogP contribution in [0.2, 0.25) is 0 Å². The van der Waals surface area contributed by atoms with E-state index in [4.69, 9.17) is 11.5 Å². The number of likely N-dealkylation sites (tertiary alicyclic amines) is 1. The van der Waals surface area contributed by atoms with Gasteiger partial charge in [0.25, 0.3) is 6.08 Å². The molecule has 2 heterocycles. The highest BCUT2D eigenvalue weighted by molar-refractivity contribution is 5.85. The van der Waals surface area contributed by atoms with Crippen molar-refractivity contribution in [1.29, 1.82) is 0 Å². The first-order valence-corrected chi connectivity index (χ1v) is 7.75. The van der Waals surface area contributed by atoms with Crippen LogP contribution in [0.15, 0.2) is 30.0 Å². The van der Waals surface area contributed by atoms with Crippen molar-refractivity contribution in [1.82, 2.24) is 9.88 Å². The highest BCUT2D eigenvalue weighted by Gasteiger charge is 2.25. The Morgan fingerprint density at radius 1 is 1.29 bits per heavy atom. The Morgan fingerprint density at radius 2 is 1.96 bits per heavy atom. The van der Waals surface area contributed by atoms with Crippen molar-refractivity contribution in [3.63, 3.8) is 0 Å². The number of halogens is 3. The molecule has 1 aliphatic heterocycles. The van der Waals surface area contributed by atoms with Crippen LogP contribution in [0.1, 0.15) is 31.4 Å². The summed E-state index contributed by atoms with van der Waals surface area (Å²) < 4.78 is 25.0. The van der Waals surface area contributed by atoms with E-state index in [1.165, 1.54) is 0 Å². The molecule has 8 heteroatoms. The van der Waals surface area contributed by atoms with E-state index in [2.05, 4.69) is 4.98 Å². The molecule has 134 valence electrons. The quantitative estimate of drug-likeness (QED) is 0.844. The molecule has 0 aliphatic carbocycles. The van der Waals surface area contributed by atoms with Crippen molar-refractivity contribution in [2.24, 2.45) is 5.73 Å². The molecule has 1 saturated heterocycles. The molecule has 1 aromatic heterocycles. The molecule has 0 radical (unpaired) electrons. The Kier molecular flexibility index (Phi) is 8.07. The number of aromatic nitrogens is 1. The van der Waals surface area contributed by atoms with E-state index >= 15 is 0 Å². The number of nitrogen functional groups attached to an aromatic ring is 1. The number of aryl methyl sites for hydroxylation is 1. The van der Waals surface area contributed by atoms with Crippen molar-refractivity contribution in [2.75, 3.05) is 18.8 Å². The molecule has 0 aromatic carbocycles. The Balaban J connectivity index is 0.00000288. The molecular weight excluding hydrogens is 338 g/mol. The molecule has 1 amide bonds. The molecule has 1 atom stereocenters. The molecule has 2 rings (SSSR count). The minimum absolute atomic E-state index is 0. The zero-order valence-electron chi connectivity index (χ0n) is 13.4. The summed E-state index contributed by atoms with van der Waals surface area (Å²) in [5.41, 5.74) is 13.2. The SMILES string of the molecule is Cl.Nc1ccc(CCCC(N)C(=O)N2CCC(=C(F)F)CC2)nc1. The maximum atomic E-state index is 12.5. The van der Waals surface area contributed by atoms with Crippen LogP contribution in [0.25, 0.3) is 0 Å². The first kappa shape index (κ1) is 20.3. The number of nitrogens with zero attached hydrogens (tertiary/aromatic N) is 2. The van der Waals surface area contributed by atoms with Gasteiger partial charge in [-0.05, 0) is 49.8 Å². The second kappa shape index (κ2) is 9.54. The van der Waals surface area contributed by atoms with E-state index < -0.39 is 12.1 Å². The van der Waals surface area contributed by atoms with E-state index in [1.54, 1.807) is 17.2 Å². The van der Waals surface area contributed by atoms with Crippen molar-refractivity contribution in [3.8, 4) is 0 Å². The standard InChI is InChI=1S/C16H22F2N4O.ClH/c17-15(18)11-6-8-22(9-7-11)16(23)14(20)3-1-2-13-5-4-12(19)10-21-13;/h4-5,10,14H,1-3,6-9,19-20H2;1H. The predicted octanol–water partition coefficient (Wildman–Crippen LogP) is 2.51. The number of carbonyl (C=O) groups is 1. The van der Waals surface area contributed by atoms with E-state index in [-0.39, 0.29) is 36.7 Å². The fourth-order valence-corrected chi connectivity index (χ4v) is 2.63. The second-order valence-electron chi connectivity index (χ2n) is 5.77. The van der Waals surface area contributed by atoms with Crippen LogP contribution in [0.5, 0.6) is 0 Å². The van der Waals surface area contributed by atoms with E-state index in [0.29, 0.717) is 25.2 Å². The van der Waals surface area contributed by atoms with Gasteiger partial charge in [-0.25, -0.2) is 0 Å². The lowest BCUT2D eigenvalue weighted by Gasteiger charge is -2.30. The number of rotatable bonds is 5. The Morgan fingerprint density at radius 3 is 2.50 bits per heavy atom. The topological polar surface area (TPSA) is 85.2 Å². The summed E-state index contributed by atoms with van der Waals surface area (Å²) >= 11 is 0. The Hall–Kier alpha value is -1.73. The molecule has 1 fully saturated rings. The summed E-state index contributed by atoms with van der Waals surface area (Å²) in [5.74, 6) is -0.159. The number of nitrogens with two attached hydrogens (primary N) is 2. The molecule has 24 heavy (non-hydrogen) atoms. The van der Waals surface area contributed by atoms with Gasteiger partial charge in [-0.1, -0.05) is 0 Å². The first-order chi connectivity index (χ1) is 11.0. The van der Waals surface area contributed by atoms with Gasteiger partial charge < -0.3 is 16.4 Å². The zero-order valence-corrected chi connectivity index (χ0v) is 14.2. The van der Waals surface area contributed by atoms with Crippen LogP contribution in [0.3, 0.4) is 0 Å². The number of hydrogen-bond donors (Lipinski definition) is 2. The fourth-order valence-electron chi connectivity index (χ4n) is 2.63. The number of hydrogen-bond acceptors (Lipinski definition) is 4. The van der Waals surface area contributed by atoms with Gasteiger partial charge in [0, 0.05) is 18.8 Å². The molecule has 0 bridgehead atoms. The van der Waals surface area contributed by atoms with Gasteiger partial charge in [0.05, 0.1) is 17.9 Å². The summed E-state index contributed by atoms with van der Waals surface area (Å²) in [5, 5.41) is 0. The number of pyridine rings is 1. The van der Waals surface area contributed by atoms with Gasteiger partial charge in [0.15, 0.2) is 0 Å². The van der Waals surface area contributed by atoms with Crippen LogP contribution in [0.4, 0.5) is 14.5 Å². The van der Waals surface area contributed by atoms with Crippen molar-refractivity contribution < 1.29 is 13.6 Å². The summed E-state index contributed by atoms with van der Waals surface area (Å²) in [6.07, 6.45) is 2.46. The van der Waals surface area contributed by atoms with Gasteiger partial charge in [-0.2, -0.15) is 8.78 Å². The molecule has 0 saturated carbocycles. The summed E-state index contributed by atoms with van der Waals surface area (Å²) in [6, 6.07) is 3.05. The third kappa shape index (κ3) is 5.72. The third-order valence-electron chi connectivity index (χ3n) is 4.06. The van der Waals surface area contributed by atoms with E-state index in [0.717, 1.165) is 18.5 Å². The Bertz CT molecular complexity index is 566. The summed E-state index contributed by atoms with van der Waals surface area (Å²) in [4.78, 5) is 18.0. The summed E-state index contributed by atoms with van der Waals surface area (Å²) in [6.45, 7) is 0.636. The van der Waals surface area contributed by atoms with Gasteiger partial charge >= 0.3 is 0 Å². The molecule has 0 spiro atoms. The van der Waals surface area contributed by atoms with Gasteiger partial charge in [-0.3, -0.25) is 9.78 Å². The third-order valence-corrected chi connectivity index (χ3v) is 4.06. The van der Waals surface area contributed by atoms with Gasteiger partial charge in [0.2, 0.25) is 5.91 Å². The van der Waals surface area contributed by atoms with Crippen LogP contribution >= 0.6 is 12.4 Å². The van der Waals surface area contributed by atoms with Crippen LogP contribution < -0.4 is 11.5 Å². The second-order valence-corrected chi connectivity index (χ2v) is 5.77. The average Bonchev–Trinajstić information content (AvgIpc) is 2.56. The maximum absolute atomic E-state index is 12.5. The predicted molar refractivity (Wildman–Crippen MR) is 91.9 cm³/mol. The molecule has 1 unspecified atom stereocenters.